The normalized spacial score (nSPS) is 29.3. The van der Waals surface area contributed by atoms with Crippen molar-refractivity contribution in [2.45, 2.75) is 57.1 Å². The summed E-state index contributed by atoms with van der Waals surface area (Å²) in [5.74, 6) is -0.491. The highest BCUT2D eigenvalue weighted by atomic mass is 16.5. The van der Waals surface area contributed by atoms with Crippen LogP contribution < -0.4 is 10.6 Å². The van der Waals surface area contributed by atoms with Gasteiger partial charge in [-0.2, -0.15) is 0 Å². The molecular weight excluding hydrogens is 444 g/mol. The molecule has 184 valence electrons. The molecule has 4 fully saturated rings. The Balaban J connectivity index is 1.19. The lowest BCUT2D eigenvalue weighted by Crippen LogP contribution is -2.58. The fourth-order valence-corrected chi connectivity index (χ4v) is 6.81. The number of aliphatic hydroxyl groups is 1. The number of carbonyl (C=O) groups is 3. The Morgan fingerprint density at radius 3 is 2.34 bits per heavy atom. The largest absolute Gasteiger partial charge is 0.455 e. The number of hydrogen-bond donors (Lipinski definition) is 3. The summed E-state index contributed by atoms with van der Waals surface area (Å²) in [6.45, 7) is 1.47. The van der Waals surface area contributed by atoms with E-state index < -0.39 is 23.5 Å². The highest BCUT2D eigenvalue weighted by Crippen LogP contribution is 2.61. The van der Waals surface area contributed by atoms with E-state index in [4.69, 9.17) is 4.74 Å². The Morgan fingerprint density at radius 1 is 1.00 bits per heavy atom. The van der Waals surface area contributed by atoms with Crippen LogP contribution in [0.1, 0.15) is 67.4 Å². The molecule has 0 radical (unpaired) electrons. The lowest BCUT2D eigenvalue weighted by Gasteiger charge is -2.58. The van der Waals surface area contributed by atoms with E-state index in [1.165, 1.54) is 0 Å². The van der Waals surface area contributed by atoms with Gasteiger partial charge in [-0.15, -0.1) is 0 Å². The number of ether oxygens (including phenoxy) is 1. The lowest BCUT2D eigenvalue weighted by atomic mass is 9.48. The van der Waals surface area contributed by atoms with Gasteiger partial charge in [0.25, 0.3) is 11.8 Å². The number of nitrogens with one attached hydrogen (secondary N) is 2. The van der Waals surface area contributed by atoms with Crippen LogP contribution in [-0.4, -0.2) is 35.1 Å². The maximum absolute atomic E-state index is 13.0. The predicted molar refractivity (Wildman–Crippen MR) is 130 cm³/mol. The zero-order valence-electron chi connectivity index (χ0n) is 20.0. The van der Waals surface area contributed by atoms with Crippen LogP contribution >= 0.6 is 0 Å². The summed E-state index contributed by atoms with van der Waals surface area (Å²) in [5.41, 5.74) is 0.219. The molecule has 0 heterocycles. The first-order valence-electron chi connectivity index (χ1n) is 12.4. The lowest BCUT2D eigenvalue weighted by molar-refractivity contribution is -0.196. The van der Waals surface area contributed by atoms with Crippen LogP contribution in [0.3, 0.4) is 0 Å². The molecule has 35 heavy (non-hydrogen) atoms. The monoisotopic (exact) mass is 476 g/mol. The van der Waals surface area contributed by atoms with Gasteiger partial charge in [-0.3, -0.25) is 14.4 Å². The van der Waals surface area contributed by atoms with Crippen LogP contribution in [0.2, 0.25) is 0 Å². The third kappa shape index (κ3) is 4.82. The van der Waals surface area contributed by atoms with Crippen LogP contribution in [0.5, 0.6) is 0 Å². The minimum Gasteiger partial charge on any atom is -0.455 e. The van der Waals surface area contributed by atoms with Crippen molar-refractivity contribution in [2.75, 3.05) is 11.9 Å². The van der Waals surface area contributed by atoms with Crippen molar-refractivity contribution < 1.29 is 24.2 Å². The second-order valence-electron chi connectivity index (χ2n) is 10.7. The highest BCUT2D eigenvalue weighted by Gasteiger charge is 2.60. The van der Waals surface area contributed by atoms with Gasteiger partial charge in [-0.1, -0.05) is 42.5 Å². The van der Waals surface area contributed by atoms with Crippen molar-refractivity contribution in [1.29, 1.82) is 0 Å². The van der Waals surface area contributed by atoms with E-state index in [2.05, 4.69) is 10.6 Å². The van der Waals surface area contributed by atoms with Crippen molar-refractivity contribution in [2.24, 2.45) is 17.3 Å². The number of carbonyl (C=O) groups excluding carboxylic acids is 3. The number of rotatable bonds is 7. The molecular formula is C28H32N2O5. The molecule has 3 atom stereocenters. The number of anilines is 1. The van der Waals surface area contributed by atoms with Gasteiger partial charge in [-0.05, 0) is 75.0 Å². The van der Waals surface area contributed by atoms with Crippen LogP contribution in [0.15, 0.2) is 54.6 Å². The van der Waals surface area contributed by atoms with Gasteiger partial charge in [-0.25, -0.2) is 0 Å². The SMILES string of the molecule is CC(NC(=O)c1ccccc1NC(=O)COC(=O)C12CC3CC(CC(O)(C3)C1)C2)c1ccccc1. The molecule has 2 aromatic carbocycles. The summed E-state index contributed by atoms with van der Waals surface area (Å²) in [5, 5.41) is 16.6. The molecule has 7 nitrogen and oxygen atoms in total. The molecule has 6 rings (SSSR count). The Kier molecular flexibility index (Phi) is 6.13. The van der Waals surface area contributed by atoms with Gasteiger partial charge >= 0.3 is 5.97 Å². The van der Waals surface area contributed by atoms with Gasteiger partial charge in [0, 0.05) is 0 Å². The zero-order valence-corrected chi connectivity index (χ0v) is 20.0. The van der Waals surface area contributed by atoms with Crippen molar-refractivity contribution in [3.05, 3.63) is 65.7 Å². The molecule has 0 aromatic heterocycles. The Bertz CT molecular complexity index is 1120. The third-order valence-corrected chi connectivity index (χ3v) is 7.89. The summed E-state index contributed by atoms with van der Waals surface area (Å²) in [6, 6.07) is 16.2. The average Bonchev–Trinajstić information content (AvgIpc) is 2.81. The standard InChI is InChI=1S/C28H32N2O5/c1-18(21-7-3-2-4-8-21)29-25(32)22-9-5-6-10-23(22)30-24(31)16-35-26(33)27-12-19-11-20(13-27)15-28(34,14-19)17-27/h2-10,18-20,34H,11-17H2,1H3,(H,29,32)(H,30,31). The van der Waals surface area contributed by atoms with E-state index in [0.29, 0.717) is 29.5 Å². The smallest absolute Gasteiger partial charge is 0.312 e. The van der Waals surface area contributed by atoms with Gasteiger partial charge in [0.1, 0.15) is 0 Å². The molecule has 3 N–H and O–H groups in total. The average molecular weight is 477 g/mol. The van der Waals surface area contributed by atoms with Gasteiger partial charge in [0.2, 0.25) is 0 Å². The van der Waals surface area contributed by atoms with E-state index in [-0.39, 0.29) is 17.9 Å². The molecule has 2 aromatic rings. The number of amides is 2. The first-order valence-corrected chi connectivity index (χ1v) is 12.4. The van der Waals surface area contributed by atoms with E-state index in [0.717, 1.165) is 37.7 Å². The minimum atomic E-state index is -0.769. The molecule has 0 saturated heterocycles. The second-order valence-corrected chi connectivity index (χ2v) is 10.7. The summed E-state index contributed by atoms with van der Waals surface area (Å²) >= 11 is 0. The molecule has 4 aliphatic rings. The zero-order chi connectivity index (χ0) is 24.6. The summed E-state index contributed by atoms with van der Waals surface area (Å²) in [4.78, 5) is 38.6. The molecule has 0 aliphatic heterocycles. The fraction of sp³-hybridized carbons (Fsp3) is 0.464. The molecule has 0 spiro atoms. The Morgan fingerprint density at radius 2 is 1.66 bits per heavy atom. The third-order valence-electron chi connectivity index (χ3n) is 7.89. The number of para-hydroxylation sites is 1. The molecule has 4 bridgehead atoms. The van der Waals surface area contributed by atoms with Crippen LogP contribution in [0, 0.1) is 17.3 Å². The first kappa shape index (κ1) is 23.5. The van der Waals surface area contributed by atoms with Crippen LogP contribution in [0.4, 0.5) is 5.69 Å². The van der Waals surface area contributed by atoms with Crippen molar-refractivity contribution >= 4 is 23.5 Å². The van der Waals surface area contributed by atoms with Crippen molar-refractivity contribution in [1.82, 2.24) is 5.32 Å². The summed E-state index contributed by atoms with van der Waals surface area (Å²) in [7, 11) is 0. The maximum Gasteiger partial charge on any atom is 0.312 e. The number of esters is 1. The molecule has 3 unspecified atom stereocenters. The first-order chi connectivity index (χ1) is 16.8. The van der Waals surface area contributed by atoms with Gasteiger partial charge in [0.15, 0.2) is 6.61 Å². The van der Waals surface area contributed by atoms with Crippen LogP contribution in [-0.2, 0) is 14.3 Å². The Hall–Kier alpha value is -3.19. The summed E-state index contributed by atoms with van der Waals surface area (Å²) in [6.07, 6.45) is 4.49. The topological polar surface area (TPSA) is 105 Å². The maximum atomic E-state index is 13.0. The number of hydrogen-bond acceptors (Lipinski definition) is 5. The highest BCUT2D eigenvalue weighted by molar-refractivity contribution is 6.04. The fourth-order valence-electron chi connectivity index (χ4n) is 6.81. The van der Waals surface area contributed by atoms with E-state index >= 15 is 0 Å². The predicted octanol–water partition coefficient (Wildman–Crippen LogP) is 3.99. The quantitative estimate of drug-likeness (QED) is 0.524. The van der Waals surface area contributed by atoms with Gasteiger partial charge in [0.05, 0.1) is 28.3 Å². The molecule has 7 heteroatoms. The minimum absolute atomic E-state index is 0.205. The molecule has 4 aliphatic carbocycles. The molecule has 2 amide bonds. The number of benzene rings is 2. The Labute approximate surface area is 205 Å². The van der Waals surface area contributed by atoms with Gasteiger partial charge < -0.3 is 20.5 Å². The second kappa shape index (κ2) is 9.11. The van der Waals surface area contributed by atoms with E-state index in [9.17, 15) is 19.5 Å². The van der Waals surface area contributed by atoms with Crippen molar-refractivity contribution in [3.63, 3.8) is 0 Å². The van der Waals surface area contributed by atoms with Crippen molar-refractivity contribution in [3.8, 4) is 0 Å². The van der Waals surface area contributed by atoms with E-state index in [1.807, 2.05) is 37.3 Å². The summed E-state index contributed by atoms with van der Waals surface area (Å²) < 4.78 is 5.47. The van der Waals surface area contributed by atoms with Crippen LogP contribution in [0.25, 0.3) is 0 Å². The van der Waals surface area contributed by atoms with E-state index in [1.54, 1.807) is 24.3 Å². The molecule has 4 saturated carbocycles.